The van der Waals surface area contributed by atoms with Gasteiger partial charge in [-0.3, -0.25) is 0 Å². The van der Waals surface area contributed by atoms with Crippen molar-refractivity contribution in [1.29, 1.82) is 0 Å². The molecule has 0 fully saturated rings. The summed E-state index contributed by atoms with van der Waals surface area (Å²) < 4.78 is 11.0. The zero-order chi connectivity index (χ0) is 25.3. The minimum Gasteiger partial charge on any atom is -0.455 e. The molecule has 4 aromatic rings. The van der Waals surface area contributed by atoms with Crippen LogP contribution in [0.25, 0.3) is 21.9 Å². The smallest absolute Gasteiger partial charge is 0.346 e. The lowest BCUT2D eigenvalue weighted by atomic mass is 9.86. The molecule has 2 N–H and O–H groups in total. The van der Waals surface area contributed by atoms with Gasteiger partial charge >= 0.3 is 11.9 Å². The summed E-state index contributed by atoms with van der Waals surface area (Å²) in [4.78, 5) is 24.3. The van der Waals surface area contributed by atoms with Crippen LogP contribution >= 0.6 is 0 Å². The van der Waals surface area contributed by atoms with Crippen LogP contribution in [0.2, 0.25) is 0 Å². The first kappa shape index (κ1) is 24.0. The third-order valence-corrected chi connectivity index (χ3v) is 5.94. The second-order valence-corrected chi connectivity index (χ2v) is 9.20. The number of cyclic esters (lactones) is 2. The van der Waals surface area contributed by atoms with Crippen LogP contribution < -0.4 is 10.5 Å². The minimum atomic E-state index is -0.656. The molecule has 0 bridgehead atoms. The highest BCUT2D eigenvalue weighted by atomic mass is 16.6. The monoisotopic (exact) mass is 467 g/mol. The molecule has 5 rings (SSSR count). The molecule has 0 saturated carbocycles. The summed E-state index contributed by atoms with van der Waals surface area (Å²) in [7, 11) is 0. The van der Waals surface area contributed by atoms with Crippen LogP contribution in [-0.2, 0) is 10.2 Å². The van der Waals surface area contributed by atoms with Crippen molar-refractivity contribution in [3.63, 3.8) is 0 Å². The van der Waals surface area contributed by atoms with Gasteiger partial charge < -0.3 is 15.2 Å². The van der Waals surface area contributed by atoms with Crippen molar-refractivity contribution in [3.05, 3.63) is 89.5 Å². The van der Waals surface area contributed by atoms with Crippen molar-refractivity contribution >= 4 is 28.4 Å². The average Bonchev–Trinajstić information content (AvgIpc) is 2.85. The van der Waals surface area contributed by atoms with Gasteiger partial charge in [0.05, 0.1) is 16.8 Å². The number of carbonyl (C=O) groups is 2. The minimum absolute atomic E-state index is 0.0925. The SMILES string of the molecule is CC.CC(C)(C)c1ccc(-c2ccc(Oc3ccc4c5c(cccc35)C(=O)OC4=O)c(N)c2)cc1. The number of ether oxygens (including phenoxy) is 2. The highest BCUT2D eigenvalue weighted by Gasteiger charge is 2.28. The molecular weight excluding hydrogens is 438 g/mol. The fourth-order valence-corrected chi connectivity index (χ4v) is 4.11. The molecule has 0 aromatic heterocycles. The summed E-state index contributed by atoms with van der Waals surface area (Å²) in [5.41, 5.74) is 10.9. The first-order valence-corrected chi connectivity index (χ1v) is 11.7. The number of nitrogen functional groups attached to an aromatic ring is 1. The Balaban J connectivity index is 0.00000141. The molecule has 1 aliphatic rings. The molecule has 0 amide bonds. The highest BCUT2D eigenvalue weighted by molar-refractivity contribution is 6.21. The Morgan fingerprint density at radius 1 is 0.743 bits per heavy atom. The zero-order valence-electron chi connectivity index (χ0n) is 20.6. The molecule has 0 atom stereocenters. The molecule has 178 valence electrons. The van der Waals surface area contributed by atoms with Crippen LogP contribution in [0.15, 0.2) is 72.8 Å². The lowest BCUT2D eigenvalue weighted by Crippen LogP contribution is -2.19. The van der Waals surface area contributed by atoms with Crippen molar-refractivity contribution < 1.29 is 19.1 Å². The average molecular weight is 468 g/mol. The van der Waals surface area contributed by atoms with Crippen LogP contribution in [0.4, 0.5) is 5.69 Å². The third-order valence-electron chi connectivity index (χ3n) is 5.94. The zero-order valence-corrected chi connectivity index (χ0v) is 20.6. The van der Waals surface area contributed by atoms with Gasteiger partial charge in [-0.2, -0.15) is 0 Å². The van der Waals surface area contributed by atoms with Gasteiger partial charge in [0.15, 0.2) is 0 Å². The Morgan fingerprint density at radius 3 is 1.97 bits per heavy atom. The predicted molar refractivity (Wildman–Crippen MR) is 140 cm³/mol. The first-order valence-electron chi connectivity index (χ1n) is 11.7. The molecule has 35 heavy (non-hydrogen) atoms. The van der Waals surface area contributed by atoms with Gasteiger partial charge in [-0.25, -0.2) is 9.59 Å². The normalized spacial score (nSPS) is 12.6. The van der Waals surface area contributed by atoms with Gasteiger partial charge in [-0.1, -0.05) is 77.1 Å². The van der Waals surface area contributed by atoms with E-state index in [2.05, 4.69) is 45.0 Å². The van der Waals surface area contributed by atoms with Crippen molar-refractivity contribution in [2.75, 3.05) is 5.73 Å². The second-order valence-electron chi connectivity index (χ2n) is 9.20. The van der Waals surface area contributed by atoms with E-state index in [0.717, 1.165) is 11.1 Å². The molecule has 5 nitrogen and oxygen atoms in total. The van der Waals surface area contributed by atoms with E-state index in [1.165, 1.54) is 5.56 Å². The summed E-state index contributed by atoms with van der Waals surface area (Å²) in [6, 6.07) is 22.6. The van der Waals surface area contributed by atoms with Crippen molar-refractivity contribution in [3.8, 4) is 22.6 Å². The summed E-state index contributed by atoms with van der Waals surface area (Å²) in [6.07, 6.45) is 0. The molecule has 0 radical (unpaired) electrons. The summed E-state index contributed by atoms with van der Waals surface area (Å²) >= 11 is 0. The number of esters is 2. The Bertz CT molecular complexity index is 1410. The first-order chi connectivity index (χ1) is 16.7. The Labute approximate surface area is 205 Å². The van der Waals surface area contributed by atoms with E-state index >= 15 is 0 Å². The quantitative estimate of drug-likeness (QED) is 0.192. The van der Waals surface area contributed by atoms with E-state index in [0.29, 0.717) is 39.1 Å². The fraction of sp³-hybridized carbons (Fsp3) is 0.200. The van der Waals surface area contributed by atoms with E-state index in [1.807, 2.05) is 38.1 Å². The molecule has 1 aliphatic heterocycles. The molecule has 0 saturated heterocycles. The summed E-state index contributed by atoms with van der Waals surface area (Å²) in [5.74, 6) is -0.309. The number of nitrogens with two attached hydrogens (primary N) is 1. The van der Waals surface area contributed by atoms with Gasteiger partial charge in [0.1, 0.15) is 11.5 Å². The predicted octanol–water partition coefficient (Wildman–Crippen LogP) is 7.52. The summed E-state index contributed by atoms with van der Waals surface area (Å²) in [6.45, 7) is 10.6. The molecule has 0 aliphatic carbocycles. The summed E-state index contributed by atoms with van der Waals surface area (Å²) in [5, 5.41) is 1.18. The van der Waals surface area contributed by atoms with Crippen LogP contribution in [0.3, 0.4) is 0 Å². The van der Waals surface area contributed by atoms with Crippen LogP contribution in [-0.4, -0.2) is 11.9 Å². The Kier molecular flexibility index (Phi) is 6.35. The molecule has 0 unspecified atom stereocenters. The van der Waals surface area contributed by atoms with Crippen LogP contribution in [0.1, 0.15) is 60.9 Å². The standard InChI is InChI=1S/C28H23NO4.C2H6/c1-28(2,3)18-10-7-16(8-11-18)17-9-13-24(22(29)15-17)32-23-14-12-21-25-19(23)5-4-6-20(25)26(30)33-27(21)31;1-2/h4-15H,29H2,1-3H3;1-2H3. The van der Waals surface area contributed by atoms with Crippen molar-refractivity contribution in [2.24, 2.45) is 0 Å². The van der Waals surface area contributed by atoms with Crippen molar-refractivity contribution in [1.82, 2.24) is 0 Å². The van der Waals surface area contributed by atoms with E-state index < -0.39 is 11.9 Å². The van der Waals surface area contributed by atoms with Gasteiger partial charge in [-0.05, 0) is 52.4 Å². The number of anilines is 1. The Morgan fingerprint density at radius 2 is 1.34 bits per heavy atom. The maximum absolute atomic E-state index is 12.2. The fourth-order valence-electron chi connectivity index (χ4n) is 4.11. The van der Waals surface area contributed by atoms with E-state index in [-0.39, 0.29) is 5.41 Å². The maximum atomic E-state index is 12.2. The largest absolute Gasteiger partial charge is 0.455 e. The van der Waals surface area contributed by atoms with Gasteiger partial charge in [0.25, 0.3) is 0 Å². The lowest BCUT2D eigenvalue weighted by molar-refractivity contribution is 0.0391. The number of carbonyl (C=O) groups excluding carboxylic acids is 2. The number of rotatable bonds is 3. The molecule has 0 spiro atoms. The van der Waals surface area contributed by atoms with Crippen molar-refractivity contribution in [2.45, 2.75) is 40.0 Å². The highest BCUT2D eigenvalue weighted by Crippen LogP contribution is 2.39. The molecule has 4 aromatic carbocycles. The Hall–Kier alpha value is -4.12. The van der Waals surface area contributed by atoms with E-state index in [1.54, 1.807) is 24.3 Å². The van der Waals surface area contributed by atoms with Gasteiger partial charge in [0, 0.05) is 10.8 Å². The second kappa shape index (κ2) is 9.26. The lowest BCUT2D eigenvalue weighted by Gasteiger charge is -2.19. The van der Waals surface area contributed by atoms with Gasteiger partial charge in [0.2, 0.25) is 0 Å². The number of hydrogen-bond donors (Lipinski definition) is 1. The molecule has 1 heterocycles. The van der Waals surface area contributed by atoms with E-state index in [9.17, 15) is 9.59 Å². The van der Waals surface area contributed by atoms with Gasteiger partial charge in [-0.15, -0.1) is 0 Å². The van der Waals surface area contributed by atoms with Crippen LogP contribution in [0, 0.1) is 0 Å². The number of hydrogen-bond acceptors (Lipinski definition) is 5. The maximum Gasteiger partial charge on any atom is 0.346 e. The van der Waals surface area contributed by atoms with E-state index in [4.69, 9.17) is 15.2 Å². The van der Waals surface area contributed by atoms with Crippen LogP contribution in [0.5, 0.6) is 11.5 Å². The number of benzene rings is 4. The molecule has 5 heteroatoms. The molecular formula is C30H29NO4. The topological polar surface area (TPSA) is 78.6 Å². The third kappa shape index (κ3) is 4.50.